The molecule has 2 aliphatic carbocycles. The number of fused-ring (bicyclic) bond motifs is 2. The zero-order valence-electron chi connectivity index (χ0n) is 76.8. The van der Waals surface area contributed by atoms with Gasteiger partial charge in [-0.05, 0) is 111 Å². The fourth-order valence-corrected chi connectivity index (χ4v) is 34.1. The Labute approximate surface area is 737 Å². The van der Waals surface area contributed by atoms with Crippen molar-refractivity contribution in [3.63, 3.8) is 0 Å². The van der Waals surface area contributed by atoms with E-state index in [0.29, 0.717) is 78.6 Å². The fraction of sp³-hybridized carbons (Fsp3) is 0.596. The number of aliphatic hydroxyl groups excluding tert-OH is 2. The van der Waals surface area contributed by atoms with Gasteiger partial charge in [0.2, 0.25) is 0 Å². The molecule has 8 aromatic rings. The molecule has 0 radical (unpaired) electrons. The molecule has 2 fully saturated rings. The first-order valence-electron chi connectivity index (χ1n) is 44.6. The monoisotopic (exact) mass is 1890 g/mol. The fourth-order valence-electron chi connectivity index (χ4n) is 15.6. The van der Waals surface area contributed by atoms with E-state index in [4.69, 9.17) is 68.0 Å². The van der Waals surface area contributed by atoms with E-state index in [-0.39, 0.29) is 25.0 Å². The number of hydrogen-bond donors (Lipinski definition) is 2. The quantitative estimate of drug-likeness (QED) is 0.0157. The van der Waals surface area contributed by atoms with E-state index in [1.807, 2.05) is 83.2 Å². The summed E-state index contributed by atoms with van der Waals surface area (Å²) in [4.78, 5) is 24.7. The van der Waals surface area contributed by atoms with Crippen LogP contribution in [0.3, 0.4) is 0 Å². The predicted octanol–water partition coefficient (Wildman–Crippen LogP) is 23.5. The summed E-state index contributed by atoms with van der Waals surface area (Å²) in [6, 6.07) is 33.0. The van der Waals surface area contributed by atoms with Gasteiger partial charge in [-0.15, -0.1) is 0 Å². The van der Waals surface area contributed by atoms with E-state index in [1.54, 1.807) is 14.2 Å². The van der Waals surface area contributed by atoms with Crippen LogP contribution in [-0.4, -0.2) is 205 Å². The molecule has 0 saturated heterocycles. The number of ether oxygens (including phenoxy) is 8. The van der Waals surface area contributed by atoms with E-state index in [9.17, 15) is 10.2 Å². The minimum absolute atomic E-state index is 0.0114. The molecule has 26 heteroatoms. The molecule has 0 spiro atoms. The Balaban J connectivity index is 0.000000249. The largest absolute Gasteiger partial charge is 0.393 e. The summed E-state index contributed by atoms with van der Waals surface area (Å²) in [5, 5.41) is 30.4. The molecule has 2 N–H and O–H groups in total. The number of aliphatic hydroxyl groups is 2. The van der Waals surface area contributed by atoms with Gasteiger partial charge >= 0.3 is 120 Å². The molecule has 662 valence electrons. The van der Waals surface area contributed by atoms with E-state index < -0.39 is 61.9 Å². The summed E-state index contributed by atoms with van der Waals surface area (Å²) in [5.41, 5.74) is 10.8. The molecule has 0 atom stereocenters. The number of benzene rings is 2. The second-order valence-electron chi connectivity index (χ2n) is 37.9. The molecular formula is C94H149BrN10O10Si4Sn. The third-order valence-electron chi connectivity index (χ3n) is 23.6. The minimum atomic E-state index is -2.24. The Morgan fingerprint density at radius 2 is 0.842 bits per heavy atom. The SMILES string of the molecule is C=C(OCC)c1c(C2CCC(CO)(OC)CC2)nc2c(-c3ccc(-c4ccccc4)nc3)cnn2c1N(COCC[Si](C)(C)C)COCC[Si](C)(C)C.C=[C](OCC)[Sn]([CH2]CCC)([CH2]CCC)[CH2]CCC.COC1(CO)CCC(c2nc3c(-c4ccc(-c5ccccc5)nc4)cnn3c(N(COCC[Si](C)(C)C)COCC[Si](C)(C)C)c2Br)CC1. The van der Waals surface area contributed by atoms with Crippen LogP contribution in [0.2, 0.25) is 116 Å². The van der Waals surface area contributed by atoms with Gasteiger partial charge < -0.3 is 53.2 Å². The van der Waals surface area contributed by atoms with Crippen molar-refractivity contribution in [3.05, 3.63) is 148 Å². The molecule has 6 heterocycles. The van der Waals surface area contributed by atoms with Crippen molar-refractivity contribution in [2.24, 2.45) is 0 Å². The zero-order chi connectivity index (χ0) is 87.3. The standard InChI is InChI=1S/C41H61N5O5Si2.C37H54BrN5O4Si2.C4H7O.3C4H9.Sn/c1-10-51-31(2)37-38(33-18-20-41(28-47,48-3)21-19-33)44-39-35(34-16-17-36(42-26-34)32-14-12-11-13-15-32)27-43-46(39)40(37)45(29-49-22-24-52(4,5)6)30-50-23-25-53(7,8)9;1-45-37(25-44)17-15-29(16-18-37)34-33(38)36(42(26-46-19-21-48(2,3)4)27-47-20-22-49(5,6)7)43-35(41-34)31(24-40-43)30-13-14-32(39-23-30)28-11-9-8-10-12-28;1-3-5-4-2;3*1-3-4-2;/h11-17,26-27,33,47H,2,10,18-25,28-30H2,1,3-9H3;8-14,23-24,29,44H,15-22,25-27H2,1-7H3;1,4H2,2H3;3*1,3-4H2,2H3;. The van der Waals surface area contributed by atoms with Gasteiger partial charge in [0, 0.05) is 131 Å². The van der Waals surface area contributed by atoms with Crippen molar-refractivity contribution in [3.8, 4) is 44.8 Å². The van der Waals surface area contributed by atoms with Gasteiger partial charge in [0.1, 0.15) is 38.5 Å². The van der Waals surface area contributed by atoms with Crippen LogP contribution in [0, 0.1) is 0 Å². The molecule has 10 rings (SSSR count). The molecular weight excluding hydrogens is 1740 g/mol. The minimum Gasteiger partial charge on any atom is -0.393 e. The first-order chi connectivity index (χ1) is 57.3. The van der Waals surface area contributed by atoms with E-state index >= 15 is 0 Å². The Hall–Kier alpha value is -5.51. The Kier molecular flexibility index (Phi) is 39.7. The van der Waals surface area contributed by atoms with Gasteiger partial charge in [0.15, 0.2) is 17.1 Å². The number of nitrogens with zero attached hydrogens (tertiary/aromatic N) is 10. The van der Waals surface area contributed by atoms with Crippen LogP contribution in [-0.2, 0) is 37.9 Å². The number of pyridine rings is 2. The average molecular weight is 1890 g/mol. The van der Waals surface area contributed by atoms with Gasteiger partial charge in [0.05, 0.1) is 76.2 Å². The summed E-state index contributed by atoms with van der Waals surface area (Å²) in [6.45, 7) is 53.6. The van der Waals surface area contributed by atoms with E-state index in [1.165, 1.54) is 55.6 Å². The number of methoxy groups -OCH3 is 2. The summed E-state index contributed by atoms with van der Waals surface area (Å²) in [7, 11) is -1.78. The van der Waals surface area contributed by atoms with E-state index in [0.717, 1.165) is 158 Å². The van der Waals surface area contributed by atoms with Gasteiger partial charge in [-0.2, -0.15) is 19.2 Å². The smallest absolute Gasteiger partial charge is 0.165 e. The van der Waals surface area contributed by atoms with Crippen LogP contribution in [0.1, 0.15) is 153 Å². The van der Waals surface area contributed by atoms with Crippen LogP contribution in [0.5, 0.6) is 0 Å². The topological polar surface area (TPSA) is 207 Å². The maximum absolute atomic E-state index is 10.3. The van der Waals surface area contributed by atoms with Crippen molar-refractivity contribution in [2.75, 3.05) is 104 Å². The number of aromatic nitrogens is 8. The Morgan fingerprint density at radius 1 is 0.483 bits per heavy atom. The molecule has 2 aromatic carbocycles. The molecule has 0 aliphatic heterocycles. The second kappa shape index (κ2) is 47.7. The van der Waals surface area contributed by atoms with Gasteiger partial charge in [-0.25, -0.2) is 9.97 Å². The number of hydrogen-bond acceptors (Lipinski definition) is 18. The maximum atomic E-state index is 10.3. The Morgan fingerprint density at radius 3 is 1.18 bits per heavy atom. The third kappa shape index (κ3) is 29.0. The molecule has 2 saturated carbocycles. The third-order valence-corrected chi connectivity index (χ3v) is 46.2. The van der Waals surface area contributed by atoms with Crippen LogP contribution >= 0.6 is 15.9 Å². The molecule has 120 heavy (non-hydrogen) atoms. The number of halogens is 1. The molecule has 0 amide bonds. The van der Waals surface area contributed by atoms with Crippen molar-refractivity contribution >= 4 is 95.3 Å². The Bertz CT molecular complexity index is 4310. The van der Waals surface area contributed by atoms with Gasteiger partial charge in [-0.3, -0.25) is 9.97 Å². The van der Waals surface area contributed by atoms with Crippen LogP contribution < -0.4 is 9.80 Å². The van der Waals surface area contributed by atoms with Gasteiger partial charge in [-0.1, -0.05) is 158 Å². The van der Waals surface area contributed by atoms with Crippen molar-refractivity contribution < 1.29 is 48.1 Å². The number of unbranched alkanes of at least 4 members (excludes halogenated alkanes) is 3. The van der Waals surface area contributed by atoms with Crippen molar-refractivity contribution in [1.82, 2.24) is 39.2 Å². The molecule has 20 nitrogen and oxygen atoms in total. The zero-order valence-corrected chi connectivity index (χ0v) is 85.2. The maximum Gasteiger partial charge on any atom is 0.165 e. The average Bonchev–Trinajstić information content (AvgIpc) is 1.52. The number of rotatable bonds is 47. The van der Waals surface area contributed by atoms with Crippen molar-refractivity contribution in [2.45, 2.75) is 264 Å². The first-order valence-corrected chi connectivity index (χ1v) is 67.7. The first kappa shape index (κ1) is 99.9. The molecule has 2 aliphatic rings. The predicted molar refractivity (Wildman–Crippen MR) is 514 cm³/mol. The summed E-state index contributed by atoms with van der Waals surface area (Å²) >= 11 is 1.79. The number of anilines is 2. The van der Waals surface area contributed by atoms with E-state index in [2.05, 4.69) is 188 Å². The van der Waals surface area contributed by atoms with Crippen LogP contribution in [0.25, 0.3) is 61.8 Å². The molecule has 0 unspecified atom stereocenters. The summed E-state index contributed by atoms with van der Waals surface area (Å²) in [6.07, 6.45) is 21.9. The normalized spacial score (nSPS) is 17.3. The second-order valence-corrected chi connectivity index (χ2v) is 74.4. The van der Waals surface area contributed by atoms with Gasteiger partial charge in [0.25, 0.3) is 0 Å². The molecule has 6 aromatic heterocycles. The van der Waals surface area contributed by atoms with Crippen LogP contribution in [0.15, 0.2) is 131 Å². The molecule has 0 bridgehead atoms. The summed E-state index contributed by atoms with van der Waals surface area (Å²) in [5.74, 6) is 2.45. The van der Waals surface area contributed by atoms with Crippen molar-refractivity contribution in [1.29, 1.82) is 0 Å². The summed E-state index contributed by atoms with van der Waals surface area (Å²) < 4.78 is 59.8. The van der Waals surface area contributed by atoms with Crippen LogP contribution in [0.4, 0.5) is 11.6 Å².